The number of nitrogens with one attached hydrogen (secondary N) is 1. The molecule has 0 fully saturated rings. The molecule has 0 saturated carbocycles. The van der Waals surface area contributed by atoms with Gasteiger partial charge >= 0.3 is 10.1 Å². The van der Waals surface area contributed by atoms with Crippen LogP contribution >= 0.6 is 11.3 Å². The number of nitro benzene ring substituents is 1. The molecule has 3 aromatic carbocycles. The van der Waals surface area contributed by atoms with Gasteiger partial charge in [-0.3, -0.25) is 20.2 Å². The van der Waals surface area contributed by atoms with Crippen molar-refractivity contribution in [3.63, 3.8) is 0 Å². The summed E-state index contributed by atoms with van der Waals surface area (Å²) in [4.78, 5) is 26.7. The third kappa shape index (κ3) is 6.04. The second-order valence-electron chi connectivity index (χ2n) is 7.36. The van der Waals surface area contributed by atoms with Crippen LogP contribution in [0.4, 0.5) is 10.8 Å². The Hall–Kier alpha value is -4.86. The van der Waals surface area contributed by atoms with E-state index in [1.165, 1.54) is 53.8 Å². The van der Waals surface area contributed by atoms with Gasteiger partial charge in [-0.1, -0.05) is 54.6 Å². The number of rotatable bonds is 8. The van der Waals surface area contributed by atoms with Crippen LogP contribution in [0.2, 0.25) is 0 Å². The first-order valence-corrected chi connectivity index (χ1v) is 12.8. The van der Waals surface area contributed by atoms with Gasteiger partial charge in [0, 0.05) is 17.0 Å². The monoisotopic (exact) mass is 532 g/mol. The molecule has 0 aliphatic carbocycles. The minimum Gasteiger partial charge on any atom is -0.379 e. The van der Waals surface area contributed by atoms with Crippen molar-refractivity contribution >= 4 is 44.3 Å². The first-order chi connectivity index (χ1) is 17.8. The van der Waals surface area contributed by atoms with Crippen LogP contribution in [-0.2, 0) is 14.9 Å². The van der Waals surface area contributed by atoms with E-state index in [9.17, 15) is 28.6 Å². The van der Waals surface area contributed by atoms with E-state index in [4.69, 9.17) is 4.18 Å². The zero-order valence-corrected chi connectivity index (χ0v) is 20.4. The fourth-order valence-electron chi connectivity index (χ4n) is 3.16. The first kappa shape index (κ1) is 25.2. The van der Waals surface area contributed by atoms with Gasteiger partial charge in [0.25, 0.3) is 11.6 Å². The van der Waals surface area contributed by atoms with Gasteiger partial charge in [-0.15, -0.1) is 11.3 Å². The summed E-state index contributed by atoms with van der Waals surface area (Å²) in [5.41, 5.74) is 1.20. The summed E-state index contributed by atoms with van der Waals surface area (Å²) < 4.78 is 30.1. The number of hydrogen-bond acceptors (Lipinski definition) is 9. The van der Waals surface area contributed by atoms with Crippen LogP contribution in [0, 0.1) is 21.4 Å². The molecule has 1 aromatic heterocycles. The molecule has 1 amide bonds. The highest BCUT2D eigenvalue weighted by molar-refractivity contribution is 7.87. The molecule has 4 rings (SSSR count). The third-order valence-electron chi connectivity index (χ3n) is 4.89. The molecule has 0 aliphatic heterocycles. The zero-order valence-electron chi connectivity index (χ0n) is 18.8. The average Bonchev–Trinajstić information content (AvgIpc) is 3.37. The zero-order chi connectivity index (χ0) is 26.4. The van der Waals surface area contributed by atoms with E-state index in [2.05, 4.69) is 10.3 Å². The van der Waals surface area contributed by atoms with E-state index in [0.29, 0.717) is 16.4 Å². The third-order valence-corrected chi connectivity index (χ3v) is 6.94. The first-order valence-electron chi connectivity index (χ1n) is 10.5. The summed E-state index contributed by atoms with van der Waals surface area (Å²) in [6, 6.07) is 21.6. The van der Waals surface area contributed by atoms with Crippen molar-refractivity contribution < 1.29 is 22.3 Å². The Kier molecular flexibility index (Phi) is 7.38. The highest BCUT2D eigenvalue weighted by Gasteiger charge is 2.27. The van der Waals surface area contributed by atoms with E-state index in [0.717, 1.165) is 17.7 Å². The number of para-hydroxylation sites is 1. The van der Waals surface area contributed by atoms with Crippen molar-refractivity contribution in [2.24, 2.45) is 0 Å². The van der Waals surface area contributed by atoms with Gasteiger partial charge in [-0.2, -0.15) is 13.7 Å². The Morgan fingerprint density at radius 2 is 1.73 bits per heavy atom. The van der Waals surface area contributed by atoms with Gasteiger partial charge in [-0.25, -0.2) is 4.98 Å². The number of hydrogen-bond donors (Lipinski definition) is 1. The molecule has 0 bridgehead atoms. The molecule has 1 heterocycles. The van der Waals surface area contributed by atoms with Crippen molar-refractivity contribution in [1.29, 1.82) is 5.26 Å². The van der Waals surface area contributed by atoms with Crippen molar-refractivity contribution in [3.8, 4) is 23.1 Å². The number of anilines is 1. The van der Waals surface area contributed by atoms with Gasteiger partial charge in [0.05, 0.1) is 10.6 Å². The summed E-state index contributed by atoms with van der Waals surface area (Å²) in [6.07, 6.45) is 1.32. The average molecular weight is 533 g/mol. The van der Waals surface area contributed by atoms with Crippen molar-refractivity contribution in [3.05, 3.63) is 105 Å². The van der Waals surface area contributed by atoms with E-state index in [-0.39, 0.29) is 11.3 Å². The number of aromatic nitrogens is 1. The Balaban J connectivity index is 1.47. The fraction of sp³-hybridized carbons (Fsp3) is 0. The topological polar surface area (TPSA) is 152 Å². The normalized spacial score (nSPS) is 11.4. The number of nitrogens with zero attached hydrogens (tertiary/aromatic N) is 3. The molecule has 4 aromatic rings. The Bertz CT molecular complexity index is 1640. The van der Waals surface area contributed by atoms with Crippen LogP contribution in [0.25, 0.3) is 17.3 Å². The van der Waals surface area contributed by atoms with Crippen molar-refractivity contribution in [1.82, 2.24) is 4.98 Å². The van der Waals surface area contributed by atoms with E-state index < -0.39 is 31.5 Å². The minimum atomic E-state index is -4.48. The molecule has 10 nitrogen and oxygen atoms in total. The predicted octanol–water partition coefficient (Wildman–Crippen LogP) is 5.03. The maximum atomic E-state index is 12.6. The lowest BCUT2D eigenvalue weighted by molar-refractivity contribution is -0.387. The van der Waals surface area contributed by atoms with Crippen molar-refractivity contribution in [2.75, 3.05) is 5.32 Å². The highest BCUT2D eigenvalue weighted by atomic mass is 32.2. The summed E-state index contributed by atoms with van der Waals surface area (Å²) >= 11 is 1.22. The van der Waals surface area contributed by atoms with Gasteiger partial charge in [0.15, 0.2) is 10.0 Å². The predicted molar refractivity (Wildman–Crippen MR) is 137 cm³/mol. The molecule has 0 spiro atoms. The SMILES string of the molecule is N#CC(=Cc1ccc(OS(=O)(=O)c2ccccc2[N+](=O)[O-])cc1)C(=O)Nc1nc(-c2ccccc2)cs1. The molecular formula is C25H16N4O6S2. The van der Waals surface area contributed by atoms with Crippen molar-refractivity contribution in [2.45, 2.75) is 4.90 Å². The minimum absolute atomic E-state index is 0.102. The Labute approximate surface area is 215 Å². The number of benzene rings is 3. The molecule has 1 N–H and O–H groups in total. The Morgan fingerprint density at radius 1 is 1.05 bits per heavy atom. The number of thiazole rings is 1. The summed E-state index contributed by atoms with van der Waals surface area (Å²) in [5.74, 6) is -0.759. The lowest BCUT2D eigenvalue weighted by atomic mass is 10.1. The summed E-state index contributed by atoms with van der Waals surface area (Å²) in [5, 5.41) is 25.3. The lowest BCUT2D eigenvalue weighted by Gasteiger charge is -2.07. The molecule has 0 atom stereocenters. The van der Waals surface area contributed by atoms with Gasteiger partial charge in [0.1, 0.15) is 17.4 Å². The fourth-order valence-corrected chi connectivity index (χ4v) is 4.98. The summed E-state index contributed by atoms with van der Waals surface area (Å²) in [7, 11) is -4.48. The molecule has 0 radical (unpaired) electrons. The number of carbonyl (C=O) groups is 1. The van der Waals surface area contributed by atoms with E-state index in [1.807, 2.05) is 36.4 Å². The van der Waals surface area contributed by atoms with Crippen LogP contribution in [0.3, 0.4) is 0 Å². The van der Waals surface area contributed by atoms with Gasteiger partial charge < -0.3 is 4.18 Å². The number of amides is 1. The molecule has 0 unspecified atom stereocenters. The van der Waals surface area contributed by atoms with Gasteiger partial charge in [0.2, 0.25) is 0 Å². The Morgan fingerprint density at radius 3 is 2.41 bits per heavy atom. The number of nitro groups is 1. The standard InChI is InChI=1S/C25H16N4O6S2/c26-15-19(24(30)28-25-27-21(16-36-25)18-6-2-1-3-7-18)14-17-10-12-20(13-11-17)35-37(33,34)23-9-5-4-8-22(23)29(31)32/h1-14,16H,(H,27,28,30). The molecule has 0 saturated heterocycles. The van der Waals surface area contributed by atoms with Crippen LogP contribution < -0.4 is 9.50 Å². The second-order valence-corrected chi connectivity index (χ2v) is 9.73. The molecule has 12 heteroatoms. The second kappa shape index (κ2) is 10.8. The van der Waals surface area contributed by atoms with Crippen LogP contribution in [0.15, 0.2) is 94.7 Å². The highest BCUT2D eigenvalue weighted by Crippen LogP contribution is 2.27. The molecule has 184 valence electrons. The molecule has 37 heavy (non-hydrogen) atoms. The van der Waals surface area contributed by atoms with Crippen LogP contribution in [0.1, 0.15) is 5.56 Å². The van der Waals surface area contributed by atoms with Crippen LogP contribution in [-0.4, -0.2) is 24.2 Å². The van der Waals surface area contributed by atoms with Gasteiger partial charge in [-0.05, 0) is 29.8 Å². The summed E-state index contributed by atoms with van der Waals surface area (Å²) in [6.45, 7) is 0. The maximum absolute atomic E-state index is 12.6. The van der Waals surface area contributed by atoms with Crippen LogP contribution in [0.5, 0.6) is 5.75 Å². The number of carbonyl (C=O) groups excluding carboxylic acids is 1. The largest absolute Gasteiger partial charge is 0.379 e. The van der Waals surface area contributed by atoms with E-state index >= 15 is 0 Å². The smallest absolute Gasteiger partial charge is 0.346 e. The molecule has 0 aliphatic rings. The maximum Gasteiger partial charge on any atom is 0.346 e. The van der Waals surface area contributed by atoms with E-state index in [1.54, 1.807) is 5.38 Å². The quantitative estimate of drug-likeness (QED) is 0.109. The number of nitriles is 1. The lowest BCUT2D eigenvalue weighted by Crippen LogP contribution is -2.13. The molecular weight excluding hydrogens is 516 g/mol.